The number of nitrogens with zero attached hydrogens (tertiary/aromatic N) is 2. The lowest BCUT2D eigenvalue weighted by Crippen LogP contribution is -2.54. The van der Waals surface area contributed by atoms with Crippen LogP contribution in [0.15, 0.2) is 30.3 Å². The van der Waals surface area contributed by atoms with E-state index in [0.29, 0.717) is 25.8 Å². The van der Waals surface area contributed by atoms with Gasteiger partial charge < -0.3 is 10.4 Å². The Balaban J connectivity index is 1.63. The molecule has 7 nitrogen and oxygen atoms in total. The molecule has 0 aliphatic carbocycles. The van der Waals surface area contributed by atoms with E-state index in [-0.39, 0.29) is 17.3 Å². The molecular weight excluding hydrogens is 342 g/mol. The van der Waals surface area contributed by atoms with Gasteiger partial charge in [-0.2, -0.15) is 0 Å². The number of benzene rings is 1. The van der Waals surface area contributed by atoms with E-state index in [9.17, 15) is 19.5 Å². The summed E-state index contributed by atoms with van der Waals surface area (Å²) in [7, 11) is 0. The van der Waals surface area contributed by atoms with Gasteiger partial charge in [0.25, 0.3) is 11.8 Å². The summed E-state index contributed by atoms with van der Waals surface area (Å²) in [6.45, 7) is 0.888. The zero-order chi connectivity index (χ0) is 18.0. The third-order valence-corrected chi connectivity index (χ3v) is 4.79. The number of carboxylic acids is 1. The minimum Gasteiger partial charge on any atom is -0.480 e. The van der Waals surface area contributed by atoms with Gasteiger partial charge in [-0.15, -0.1) is 0 Å². The van der Waals surface area contributed by atoms with Crippen molar-refractivity contribution in [3.8, 4) is 0 Å². The number of aliphatic carboxylic acids is 1. The lowest BCUT2D eigenvalue weighted by molar-refractivity contribution is -0.164. The Morgan fingerprint density at radius 1 is 1.28 bits per heavy atom. The first-order valence-electron chi connectivity index (χ1n) is 8.15. The van der Waals surface area contributed by atoms with Crippen LogP contribution >= 0.6 is 12.2 Å². The van der Waals surface area contributed by atoms with E-state index in [0.717, 1.165) is 5.56 Å². The Morgan fingerprint density at radius 2 is 2.00 bits per heavy atom. The molecule has 2 heterocycles. The molecule has 0 bridgehead atoms. The maximum absolute atomic E-state index is 12.5. The van der Waals surface area contributed by atoms with Crippen molar-refractivity contribution in [3.05, 3.63) is 35.9 Å². The number of rotatable bonds is 5. The molecule has 2 saturated heterocycles. The molecule has 25 heavy (non-hydrogen) atoms. The van der Waals surface area contributed by atoms with Crippen molar-refractivity contribution in [3.63, 3.8) is 0 Å². The lowest BCUT2D eigenvalue weighted by atomic mass is 10.1. The number of carbonyl (C=O) groups is 3. The zero-order valence-electron chi connectivity index (χ0n) is 13.6. The fourth-order valence-electron chi connectivity index (χ4n) is 3.25. The fraction of sp³-hybridized carbons (Fsp3) is 0.412. The van der Waals surface area contributed by atoms with Gasteiger partial charge in [0.15, 0.2) is 0 Å². The van der Waals surface area contributed by atoms with Gasteiger partial charge in [0, 0.05) is 19.5 Å². The van der Waals surface area contributed by atoms with Crippen LogP contribution in [0.1, 0.15) is 18.4 Å². The van der Waals surface area contributed by atoms with Crippen LogP contribution in [0.5, 0.6) is 0 Å². The molecule has 0 aromatic heterocycles. The predicted molar refractivity (Wildman–Crippen MR) is 93.8 cm³/mol. The van der Waals surface area contributed by atoms with Crippen molar-refractivity contribution in [2.45, 2.75) is 31.3 Å². The van der Waals surface area contributed by atoms with Gasteiger partial charge in [-0.3, -0.25) is 14.6 Å². The molecule has 1 aromatic carbocycles. The molecule has 2 fully saturated rings. The average Bonchev–Trinajstić information content (AvgIpc) is 2.91. The number of carboxylic acid groups (broad SMARTS) is 1. The highest BCUT2D eigenvalue weighted by Gasteiger charge is 2.46. The number of carbonyl (C=O) groups excluding carboxylic acids is 2. The monoisotopic (exact) mass is 361 g/mol. The number of fused-ring (bicyclic) bond motifs is 1. The standard InChI is InChI=1S/C17H19N3O4S/c21-15(14(25)9-11-5-2-1-3-6-11)18-12-10-19-8-4-7-13(17(23)24)20(19)16(12)22/h1-3,5-6,12-13H,4,7-10H2,(H,18,21)(H,23,24)/t12-,13+/m1/s1. The first-order valence-corrected chi connectivity index (χ1v) is 8.56. The summed E-state index contributed by atoms with van der Waals surface area (Å²) in [5.41, 5.74) is 0.924. The van der Waals surface area contributed by atoms with Crippen molar-refractivity contribution in [1.29, 1.82) is 0 Å². The Morgan fingerprint density at radius 3 is 2.68 bits per heavy atom. The van der Waals surface area contributed by atoms with E-state index in [1.54, 1.807) is 5.01 Å². The topological polar surface area (TPSA) is 89.9 Å². The molecule has 3 rings (SSSR count). The molecular formula is C17H19N3O4S. The highest BCUT2D eigenvalue weighted by Crippen LogP contribution is 2.24. The Labute approximate surface area is 150 Å². The molecule has 0 radical (unpaired) electrons. The quantitative estimate of drug-likeness (QED) is 0.738. The van der Waals surface area contributed by atoms with Crippen LogP contribution in [0, 0.1) is 0 Å². The van der Waals surface area contributed by atoms with Gasteiger partial charge in [-0.05, 0) is 18.4 Å². The molecule has 0 saturated carbocycles. The van der Waals surface area contributed by atoms with Crippen molar-refractivity contribution in [2.75, 3.05) is 13.1 Å². The van der Waals surface area contributed by atoms with Crippen molar-refractivity contribution < 1.29 is 19.5 Å². The van der Waals surface area contributed by atoms with Gasteiger partial charge in [0.05, 0.1) is 4.86 Å². The molecule has 0 spiro atoms. The molecule has 2 aliphatic rings. The average molecular weight is 361 g/mol. The van der Waals surface area contributed by atoms with E-state index in [1.165, 1.54) is 5.01 Å². The second kappa shape index (κ2) is 7.28. The molecule has 1 aromatic rings. The first-order chi connectivity index (χ1) is 12.0. The predicted octanol–water partition coefficient (Wildman–Crippen LogP) is 0.390. The van der Waals surface area contributed by atoms with Crippen LogP contribution in [0.25, 0.3) is 0 Å². The smallest absolute Gasteiger partial charge is 0.328 e. The van der Waals surface area contributed by atoms with Gasteiger partial charge >= 0.3 is 5.97 Å². The molecule has 2 atom stereocenters. The highest BCUT2D eigenvalue weighted by molar-refractivity contribution is 7.82. The van der Waals surface area contributed by atoms with E-state index in [1.807, 2.05) is 30.3 Å². The lowest BCUT2D eigenvalue weighted by Gasteiger charge is -2.36. The third kappa shape index (κ3) is 3.69. The summed E-state index contributed by atoms with van der Waals surface area (Å²) in [5.74, 6) is -1.86. The SMILES string of the molecule is O=C(N[C@@H]1CN2CCC[C@@H](C(=O)O)N2C1=O)C(=S)Cc1ccccc1. The number of hydrogen-bond acceptors (Lipinski definition) is 5. The van der Waals surface area contributed by atoms with Crippen LogP contribution in [-0.2, 0) is 20.8 Å². The number of amides is 2. The van der Waals surface area contributed by atoms with E-state index >= 15 is 0 Å². The summed E-state index contributed by atoms with van der Waals surface area (Å²) in [6, 6.07) is 7.75. The van der Waals surface area contributed by atoms with Crippen LogP contribution in [0.3, 0.4) is 0 Å². The highest BCUT2D eigenvalue weighted by atomic mass is 32.1. The summed E-state index contributed by atoms with van der Waals surface area (Å²) >= 11 is 5.18. The molecule has 132 valence electrons. The third-order valence-electron chi connectivity index (χ3n) is 4.46. The van der Waals surface area contributed by atoms with Crippen molar-refractivity contribution in [2.24, 2.45) is 0 Å². The Hall–Kier alpha value is -2.32. The van der Waals surface area contributed by atoms with Crippen LogP contribution in [-0.4, -0.2) is 62.9 Å². The van der Waals surface area contributed by atoms with Gasteiger partial charge in [0.1, 0.15) is 12.1 Å². The number of hydrazine groups is 1. The van der Waals surface area contributed by atoms with E-state index in [4.69, 9.17) is 12.2 Å². The Kier molecular flexibility index (Phi) is 5.10. The zero-order valence-corrected chi connectivity index (χ0v) is 14.4. The maximum Gasteiger partial charge on any atom is 0.328 e. The molecule has 8 heteroatoms. The largest absolute Gasteiger partial charge is 0.480 e. The first kappa shape index (κ1) is 17.5. The van der Waals surface area contributed by atoms with Gasteiger partial charge in [-0.25, -0.2) is 9.80 Å². The molecule has 0 unspecified atom stereocenters. The summed E-state index contributed by atoms with van der Waals surface area (Å²) < 4.78 is 0. The number of thiocarbonyl (C=S) groups is 1. The summed E-state index contributed by atoms with van der Waals surface area (Å²) in [6.07, 6.45) is 1.45. The van der Waals surface area contributed by atoms with E-state index < -0.39 is 24.0 Å². The fourth-order valence-corrected chi connectivity index (χ4v) is 3.48. The second-order valence-corrected chi connectivity index (χ2v) is 6.70. The van der Waals surface area contributed by atoms with Crippen LogP contribution in [0.2, 0.25) is 0 Å². The molecule has 2 amide bonds. The summed E-state index contributed by atoms with van der Waals surface area (Å²) in [4.78, 5) is 36.4. The minimum absolute atomic E-state index is 0.202. The maximum atomic E-state index is 12.5. The molecule has 2 N–H and O–H groups in total. The summed E-state index contributed by atoms with van der Waals surface area (Å²) in [5, 5.41) is 14.9. The van der Waals surface area contributed by atoms with Crippen molar-refractivity contribution >= 4 is 34.9 Å². The van der Waals surface area contributed by atoms with Crippen LogP contribution in [0.4, 0.5) is 0 Å². The van der Waals surface area contributed by atoms with Gasteiger partial charge in [0.2, 0.25) is 0 Å². The van der Waals surface area contributed by atoms with Gasteiger partial charge in [-0.1, -0.05) is 42.5 Å². The number of hydrogen-bond donors (Lipinski definition) is 2. The Bertz CT molecular complexity index is 709. The van der Waals surface area contributed by atoms with Crippen LogP contribution < -0.4 is 5.32 Å². The van der Waals surface area contributed by atoms with E-state index in [2.05, 4.69) is 5.32 Å². The van der Waals surface area contributed by atoms with Crippen molar-refractivity contribution in [1.82, 2.24) is 15.3 Å². The normalized spacial score (nSPS) is 23.2. The second-order valence-electron chi connectivity index (χ2n) is 6.20. The number of nitrogens with one attached hydrogen (secondary N) is 1. The minimum atomic E-state index is -1.02. The molecule has 2 aliphatic heterocycles.